The van der Waals surface area contributed by atoms with Crippen molar-refractivity contribution < 1.29 is 4.42 Å². The van der Waals surface area contributed by atoms with E-state index in [1.165, 1.54) is 60.0 Å². The first-order valence-electron chi connectivity index (χ1n) is 16.4. The summed E-state index contributed by atoms with van der Waals surface area (Å²) in [6.07, 6.45) is 0. The molecule has 8 aromatic carbocycles. The van der Waals surface area contributed by atoms with E-state index >= 15 is 0 Å². The molecule has 0 saturated carbocycles. The van der Waals surface area contributed by atoms with Crippen LogP contribution in [0, 0.1) is 0 Å². The van der Waals surface area contributed by atoms with Crippen molar-refractivity contribution in [2.24, 2.45) is 0 Å². The van der Waals surface area contributed by atoms with Gasteiger partial charge in [0.15, 0.2) is 5.58 Å². The second-order valence-corrected chi connectivity index (χ2v) is 12.8. The van der Waals surface area contributed by atoms with Gasteiger partial charge in [0.25, 0.3) is 0 Å². The van der Waals surface area contributed by atoms with Crippen molar-refractivity contribution in [1.82, 2.24) is 0 Å². The van der Waals surface area contributed by atoms with E-state index in [0.29, 0.717) is 5.92 Å². The quantitative estimate of drug-likeness (QED) is 0.212. The average Bonchev–Trinajstić information content (AvgIpc) is 3.52. The fraction of sp³-hybridized carbons (Fsp3) is 0.0667. The highest BCUT2D eigenvalue weighted by Gasteiger charge is 2.19. The van der Waals surface area contributed by atoms with Crippen LogP contribution in [0.1, 0.15) is 25.3 Å². The Morgan fingerprint density at radius 3 is 1.81 bits per heavy atom. The van der Waals surface area contributed by atoms with E-state index in [2.05, 4.69) is 171 Å². The van der Waals surface area contributed by atoms with Crippen LogP contribution in [-0.4, -0.2) is 0 Å². The minimum Gasteiger partial charge on any atom is -0.454 e. The van der Waals surface area contributed by atoms with E-state index in [1.54, 1.807) is 0 Å². The summed E-state index contributed by atoms with van der Waals surface area (Å²) in [4.78, 5) is 0. The minimum absolute atomic E-state index is 0.344. The van der Waals surface area contributed by atoms with Crippen LogP contribution < -0.4 is 5.32 Å². The van der Waals surface area contributed by atoms with Crippen LogP contribution in [0.5, 0.6) is 0 Å². The lowest BCUT2D eigenvalue weighted by atomic mass is 9.95. The Morgan fingerprint density at radius 2 is 1.02 bits per heavy atom. The Balaban J connectivity index is 1.11. The Kier molecular flexibility index (Phi) is 6.36. The molecule has 0 amide bonds. The standard InChI is InChI=1S/C45H33NO/c1-28(2)40-27-35-12-5-6-14-38(35)43-39-15-9-17-42(44(39)47-45(40)43)46-41-16-8-7-13-37(41)36-23-22-33-25-32(20-21-34(33)26-36)31-19-18-29-10-3-4-11-30(29)24-31/h3-28,46H,1-2H3. The zero-order valence-corrected chi connectivity index (χ0v) is 26.4. The molecule has 1 N–H and O–H groups in total. The summed E-state index contributed by atoms with van der Waals surface area (Å²) in [5, 5.41) is 13.5. The summed E-state index contributed by atoms with van der Waals surface area (Å²) in [5.41, 5.74) is 9.89. The molecule has 9 rings (SSSR count). The van der Waals surface area contributed by atoms with Gasteiger partial charge in [0.05, 0.1) is 5.69 Å². The highest BCUT2D eigenvalue weighted by atomic mass is 16.3. The van der Waals surface area contributed by atoms with Crippen LogP contribution in [0.4, 0.5) is 11.4 Å². The van der Waals surface area contributed by atoms with E-state index in [4.69, 9.17) is 4.42 Å². The molecule has 0 fully saturated rings. The number of para-hydroxylation sites is 2. The maximum absolute atomic E-state index is 6.77. The van der Waals surface area contributed by atoms with Crippen molar-refractivity contribution in [1.29, 1.82) is 0 Å². The second-order valence-electron chi connectivity index (χ2n) is 12.8. The van der Waals surface area contributed by atoms with E-state index in [0.717, 1.165) is 33.5 Å². The van der Waals surface area contributed by atoms with Gasteiger partial charge in [0.1, 0.15) is 5.58 Å². The Bertz CT molecular complexity index is 2640. The molecule has 47 heavy (non-hydrogen) atoms. The van der Waals surface area contributed by atoms with Gasteiger partial charge in [-0.2, -0.15) is 0 Å². The van der Waals surface area contributed by atoms with Gasteiger partial charge in [-0.25, -0.2) is 0 Å². The molecular formula is C45H33NO. The first-order chi connectivity index (χ1) is 23.1. The van der Waals surface area contributed by atoms with Gasteiger partial charge in [0, 0.05) is 22.0 Å². The number of nitrogens with one attached hydrogen (secondary N) is 1. The fourth-order valence-corrected chi connectivity index (χ4v) is 7.15. The predicted octanol–water partition coefficient (Wildman–Crippen LogP) is 13.2. The molecule has 0 unspecified atom stereocenters. The van der Waals surface area contributed by atoms with Crippen molar-refractivity contribution in [2.75, 3.05) is 5.32 Å². The van der Waals surface area contributed by atoms with E-state index in [9.17, 15) is 0 Å². The van der Waals surface area contributed by atoms with Crippen molar-refractivity contribution in [3.63, 3.8) is 0 Å². The maximum Gasteiger partial charge on any atom is 0.158 e. The first kappa shape index (κ1) is 27.5. The third kappa shape index (κ3) is 4.64. The van der Waals surface area contributed by atoms with Gasteiger partial charge < -0.3 is 9.73 Å². The summed E-state index contributed by atoms with van der Waals surface area (Å²) < 4.78 is 6.77. The monoisotopic (exact) mass is 603 g/mol. The summed E-state index contributed by atoms with van der Waals surface area (Å²) in [7, 11) is 0. The number of furan rings is 1. The van der Waals surface area contributed by atoms with Gasteiger partial charge in [-0.1, -0.05) is 129 Å². The molecule has 1 aromatic heterocycles. The molecule has 2 heteroatoms. The molecule has 0 spiro atoms. The summed E-state index contributed by atoms with van der Waals surface area (Å²) in [5.74, 6) is 0.344. The van der Waals surface area contributed by atoms with Crippen molar-refractivity contribution in [3.8, 4) is 22.3 Å². The predicted molar refractivity (Wildman–Crippen MR) is 201 cm³/mol. The first-order valence-corrected chi connectivity index (χ1v) is 16.4. The number of hydrogen-bond acceptors (Lipinski definition) is 2. The van der Waals surface area contributed by atoms with Crippen LogP contribution in [0.2, 0.25) is 0 Å². The van der Waals surface area contributed by atoms with Crippen LogP contribution in [-0.2, 0) is 0 Å². The highest BCUT2D eigenvalue weighted by Crippen LogP contribution is 2.43. The Morgan fingerprint density at radius 1 is 0.447 bits per heavy atom. The third-order valence-corrected chi connectivity index (χ3v) is 9.57. The topological polar surface area (TPSA) is 25.2 Å². The lowest BCUT2D eigenvalue weighted by Gasteiger charge is -2.14. The molecule has 9 aromatic rings. The zero-order chi connectivity index (χ0) is 31.5. The Labute approximate surface area is 273 Å². The molecule has 0 atom stereocenters. The summed E-state index contributed by atoms with van der Waals surface area (Å²) in [6, 6.07) is 54.7. The summed E-state index contributed by atoms with van der Waals surface area (Å²) >= 11 is 0. The second kappa shape index (κ2) is 10.9. The van der Waals surface area contributed by atoms with Crippen molar-refractivity contribution in [3.05, 3.63) is 157 Å². The SMILES string of the molecule is CC(C)c1cc2ccccc2c2c1oc1c(Nc3ccccc3-c3ccc4cc(-c5ccc6ccccc6c5)ccc4c3)cccc12. The number of hydrogen-bond donors (Lipinski definition) is 1. The largest absolute Gasteiger partial charge is 0.454 e. The fourth-order valence-electron chi connectivity index (χ4n) is 7.15. The molecule has 0 aliphatic rings. The van der Waals surface area contributed by atoms with Crippen molar-refractivity contribution in [2.45, 2.75) is 19.8 Å². The normalized spacial score (nSPS) is 11.8. The van der Waals surface area contributed by atoms with E-state index in [-0.39, 0.29) is 0 Å². The van der Waals surface area contributed by atoms with Crippen molar-refractivity contribution >= 4 is 65.6 Å². The molecule has 1 heterocycles. The molecule has 0 radical (unpaired) electrons. The lowest BCUT2D eigenvalue weighted by molar-refractivity contribution is 0.658. The molecule has 224 valence electrons. The van der Waals surface area contributed by atoms with Crippen LogP contribution in [0.15, 0.2) is 156 Å². The minimum atomic E-state index is 0.344. The molecule has 0 saturated heterocycles. The number of rotatable bonds is 5. The maximum atomic E-state index is 6.77. The van der Waals surface area contributed by atoms with Crippen LogP contribution in [0.3, 0.4) is 0 Å². The van der Waals surface area contributed by atoms with Crippen LogP contribution >= 0.6 is 0 Å². The van der Waals surface area contributed by atoms with Crippen LogP contribution in [0.25, 0.3) is 76.5 Å². The van der Waals surface area contributed by atoms with Gasteiger partial charge in [-0.05, 0) is 96.9 Å². The zero-order valence-electron chi connectivity index (χ0n) is 26.4. The smallest absolute Gasteiger partial charge is 0.158 e. The van der Waals surface area contributed by atoms with Gasteiger partial charge in [0.2, 0.25) is 0 Å². The number of fused-ring (bicyclic) bond motifs is 7. The molecule has 2 nitrogen and oxygen atoms in total. The lowest BCUT2D eigenvalue weighted by Crippen LogP contribution is -1.94. The number of anilines is 2. The number of benzene rings is 8. The third-order valence-electron chi connectivity index (χ3n) is 9.57. The van der Waals surface area contributed by atoms with E-state index < -0.39 is 0 Å². The van der Waals surface area contributed by atoms with Gasteiger partial charge >= 0.3 is 0 Å². The van der Waals surface area contributed by atoms with E-state index in [1.807, 2.05) is 0 Å². The molecular weight excluding hydrogens is 571 g/mol. The summed E-state index contributed by atoms with van der Waals surface area (Å²) in [6.45, 7) is 4.47. The highest BCUT2D eigenvalue weighted by molar-refractivity contribution is 6.21. The molecule has 0 aliphatic heterocycles. The molecule has 0 aliphatic carbocycles. The Hall–Kier alpha value is -5.86. The molecule has 0 bridgehead atoms. The average molecular weight is 604 g/mol. The van der Waals surface area contributed by atoms with Gasteiger partial charge in [-0.15, -0.1) is 0 Å². The van der Waals surface area contributed by atoms with Gasteiger partial charge in [-0.3, -0.25) is 0 Å².